The lowest BCUT2D eigenvalue weighted by atomic mass is 10.2. The lowest BCUT2D eigenvalue weighted by Crippen LogP contribution is -2.19. The summed E-state index contributed by atoms with van der Waals surface area (Å²) in [6.45, 7) is 1.60. The summed E-state index contributed by atoms with van der Waals surface area (Å²) in [5, 5.41) is 18.4. The highest BCUT2D eigenvalue weighted by Crippen LogP contribution is 2.16. The first-order valence-electron chi connectivity index (χ1n) is 6.76. The normalized spacial score (nSPS) is 11.2. The fraction of sp³-hybridized carbons (Fsp3) is 0.0769. The summed E-state index contributed by atoms with van der Waals surface area (Å²) in [4.78, 5) is 12.1. The molecule has 3 aromatic rings. The van der Waals surface area contributed by atoms with E-state index in [0.717, 1.165) is 0 Å². The highest BCUT2D eigenvalue weighted by molar-refractivity contribution is 9.10. The maximum atomic E-state index is 13.2. The van der Waals surface area contributed by atoms with Gasteiger partial charge in [0.05, 0.1) is 16.4 Å². The Hall–Kier alpha value is -3.15. The van der Waals surface area contributed by atoms with Crippen molar-refractivity contribution < 1.29 is 13.8 Å². The number of benzene rings is 1. The largest absolute Gasteiger partial charge is 0.378 e. The molecule has 1 aromatic carbocycles. The minimum Gasteiger partial charge on any atom is -0.378 e. The highest BCUT2D eigenvalue weighted by Gasteiger charge is 2.20. The molecule has 128 valence electrons. The first kappa shape index (κ1) is 16.7. The Labute approximate surface area is 148 Å². The quantitative estimate of drug-likeness (QED) is 0.488. The SMILES string of the molecule is Cc1c(C(=O)N/N=C/c2ccc(F)c(Br)c2)nnn1-c1nonc1N. The van der Waals surface area contributed by atoms with Gasteiger partial charge in [0.15, 0.2) is 5.69 Å². The lowest BCUT2D eigenvalue weighted by molar-refractivity contribution is 0.0949. The van der Waals surface area contributed by atoms with E-state index >= 15 is 0 Å². The summed E-state index contributed by atoms with van der Waals surface area (Å²) >= 11 is 3.07. The van der Waals surface area contributed by atoms with E-state index in [9.17, 15) is 9.18 Å². The molecule has 0 aliphatic rings. The number of hydrogen-bond acceptors (Lipinski definition) is 8. The number of hydrogen-bond donors (Lipinski definition) is 2. The van der Waals surface area contributed by atoms with E-state index in [0.29, 0.717) is 15.7 Å². The van der Waals surface area contributed by atoms with E-state index in [4.69, 9.17) is 5.73 Å². The predicted octanol–water partition coefficient (Wildman–Crippen LogP) is 1.21. The number of nitrogens with zero attached hydrogens (tertiary/aromatic N) is 6. The Morgan fingerprint density at radius 3 is 2.96 bits per heavy atom. The van der Waals surface area contributed by atoms with Crippen molar-refractivity contribution >= 4 is 33.9 Å². The minimum absolute atomic E-state index is 0.0138. The zero-order chi connectivity index (χ0) is 18.0. The summed E-state index contributed by atoms with van der Waals surface area (Å²) in [7, 11) is 0. The van der Waals surface area contributed by atoms with Gasteiger partial charge in [0.1, 0.15) is 5.82 Å². The molecule has 12 heteroatoms. The highest BCUT2D eigenvalue weighted by atomic mass is 79.9. The topological polar surface area (TPSA) is 137 Å². The molecule has 25 heavy (non-hydrogen) atoms. The second kappa shape index (κ2) is 6.76. The van der Waals surface area contributed by atoms with Crippen LogP contribution in [0.5, 0.6) is 0 Å². The van der Waals surface area contributed by atoms with Crippen LogP contribution in [0, 0.1) is 12.7 Å². The zero-order valence-corrected chi connectivity index (χ0v) is 14.2. The van der Waals surface area contributed by atoms with Crippen molar-refractivity contribution in [2.75, 3.05) is 5.73 Å². The Bertz CT molecular complexity index is 967. The number of carbonyl (C=O) groups is 1. The number of carbonyl (C=O) groups excluding carboxylic acids is 1. The average Bonchev–Trinajstić information content (AvgIpc) is 3.16. The summed E-state index contributed by atoms with van der Waals surface area (Å²) in [6, 6.07) is 4.31. The van der Waals surface area contributed by atoms with E-state index < -0.39 is 11.7 Å². The van der Waals surface area contributed by atoms with E-state index in [1.165, 1.54) is 29.1 Å². The number of hydrazone groups is 1. The van der Waals surface area contributed by atoms with Crippen molar-refractivity contribution in [3.8, 4) is 5.82 Å². The molecule has 1 amide bonds. The van der Waals surface area contributed by atoms with Gasteiger partial charge in [0.2, 0.25) is 11.6 Å². The zero-order valence-electron chi connectivity index (χ0n) is 12.6. The van der Waals surface area contributed by atoms with Gasteiger partial charge < -0.3 is 5.73 Å². The number of aromatic nitrogens is 5. The molecular formula is C13H10BrFN8O2. The molecule has 0 radical (unpaired) electrons. The fourth-order valence-corrected chi connectivity index (χ4v) is 2.29. The van der Waals surface area contributed by atoms with Gasteiger partial charge in [-0.2, -0.15) is 9.78 Å². The Kier molecular flexibility index (Phi) is 4.52. The monoisotopic (exact) mass is 408 g/mol. The number of nitrogens with two attached hydrogens (primary N) is 1. The first-order valence-corrected chi connectivity index (χ1v) is 7.56. The second-order valence-electron chi connectivity index (χ2n) is 4.78. The summed E-state index contributed by atoms with van der Waals surface area (Å²) < 4.78 is 19.2. The number of nitrogen functional groups attached to an aromatic ring is 1. The number of nitrogens with one attached hydrogen (secondary N) is 1. The van der Waals surface area contributed by atoms with Gasteiger partial charge in [-0.25, -0.2) is 14.4 Å². The van der Waals surface area contributed by atoms with Crippen molar-refractivity contribution in [3.63, 3.8) is 0 Å². The van der Waals surface area contributed by atoms with Crippen LogP contribution in [0.4, 0.5) is 10.2 Å². The second-order valence-corrected chi connectivity index (χ2v) is 5.64. The van der Waals surface area contributed by atoms with E-state index in [-0.39, 0.29) is 17.3 Å². The molecule has 2 aromatic heterocycles. The van der Waals surface area contributed by atoms with Crippen LogP contribution in [0.25, 0.3) is 5.82 Å². The van der Waals surface area contributed by atoms with Gasteiger partial charge in [-0.15, -0.1) is 5.10 Å². The molecular weight excluding hydrogens is 399 g/mol. The van der Waals surface area contributed by atoms with Gasteiger partial charge >= 0.3 is 0 Å². The molecule has 0 unspecified atom stereocenters. The van der Waals surface area contributed by atoms with Gasteiger partial charge in [0.25, 0.3) is 5.91 Å². The minimum atomic E-state index is -0.587. The Balaban J connectivity index is 1.74. The molecule has 0 aliphatic carbocycles. The third-order valence-corrected chi connectivity index (χ3v) is 3.74. The van der Waals surface area contributed by atoms with Crippen LogP contribution in [-0.4, -0.2) is 37.4 Å². The van der Waals surface area contributed by atoms with E-state index in [2.05, 4.69) is 51.7 Å². The number of anilines is 1. The van der Waals surface area contributed by atoms with Crippen LogP contribution in [0.3, 0.4) is 0 Å². The third-order valence-electron chi connectivity index (χ3n) is 3.13. The van der Waals surface area contributed by atoms with Crippen molar-refractivity contribution in [2.24, 2.45) is 5.10 Å². The number of halogens is 2. The van der Waals surface area contributed by atoms with Gasteiger partial charge in [-0.1, -0.05) is 11.3 Å². The van der Waals surface area contributed by atoms with Crippen LogP contribution in [-0.2, 0) is 0 Å². The lowest BCUT2D eigenvalue weighted by Gasteiger charge is -1.99. The molecule has 2 heterocycles. The van der Waals surface area contributed by atoms with Crippen LogP contribution < -0.4 is 11.2 Å². The Morgan fingerprint density at radius 1 is 1.48 bits per heavy atom. The number of rotatable bonds is 4. The predicted molar refractivity (Wildman–Crippen MR) is 87.5 cm³/mol. The standard InChI is InChI=1S/C13H10BrFN8O2/c1-6-10(18-22-23(6)12-11(16)20-25-21-12)13(24)19-17-5-7-2-3-9(15)8(14)4-7/h2-5H,1H3,(H2,16,20)(H,19,24)/b17-5+. The molecule has 0 saturated carbocycles. The van der Waals surface area contributed by atoms with Crippen molar-refractivity contribution in [3.05, 3.63) is 45.4 Å². The van der Waals surface area contributed by atoms with Crippen molar-refractivity contribution in [2.45, 2.75) is 6.92 Å². The third kappa shape index (κ3) is 3.38. The van der Waals surface area contributed by atoms with Crippen LogP contribution in [0.1, 0.15) is 21.7 Å². The van der Waals surface area contributed by atoms with Crippen molar-refractivity contribution in [1.82, 2.24) is 30.7 Å². The van der Waals surface area contributed by atoms with Crippen molar-refractivity contribution in [1.29, 1.82) is 0 Å². The van der Waals surface area contributed by atoms with E-state index in [1.54, 1.807) is 6.92 Å². The van der Waals surface area contributed by atoms with E-state index in [1.807, 2.05) is 0 Å². The molecule has 0 spiro atoms. The maximum absolute atomic E-state index is 13.2. The van der Waals surface area contributed by atoms with Gasteiger partial charge in [0, 0.05) is 0 Å². The van der Waals surface area contributed by atoms with Gasteiger partial charge in [-0.3, -0.25) is 4.79 Å². The maximum Gasteiger partial charge on any atom is 0.293 e. The number of amides is 1. The summed E-state index contributed by atoms with van der Waals surface area (Å²) in [6.07, 6.45) is 1.36. The Morgan fingerprint density at radius 2 is 2.28 bits per heavy atom. The molecule has 0 bridgehead atoms. The van der Waals surface area contributed by atoms with Crippen LogP contribution in [0.15, 0.2) is 32.4 Å². The molecule has 3 N–H and O–H groups in total. The fourth-order valence-electron chi connectivity index (χ4n) is 1.89. The smallest absolute Gasteiger partial charge is 0.293 e. The molecule has 0 atom stereocenters. The molecule has 10 nitrogen and oxygen atoms in total. The summed E-state index contributed by atoms with van der Waals surface area (Å²) in [5.74, 6) is -0.838. The van der Waals surface area contributed by atoms with Crippen LogP contribution in [0.2, 0.25) is 0 Å². The average molecular weight is 409 g/mol. The summed E-state index contributed by atoms with van der Waals surface area (Å²) in [5.41, 5.74) is 8.89. The molecule has 0 fully saturated rings. The van der Waals surface area contributed by atoms with Gasteiger partial charge in [-0.05, 0) is 50.9 Å². The van der Waals surface area contributed by atoms with Crippen LogP contribution >= 0.6 is 15.9 Å². The molecule has 3 rings (SSSR count). The molecule has 0 saturated heterocycles. The molecule has 0 aliphatic heterocycles. The first-order chi connectivity index (χ1) is 12.0.